The molecule has 0 saturated carbocycles. The highest BCUT2D eigenvalue weighted by atomic mass is 79.9. The fraction of sp³-hybridized carbons (Fsp3) is 0.227. The van der Waals surface area contributed by atoms with Crippen LogP contribution >= 0.6 is 27.5 Å². The number of imide groups is 2. The van der Waals surface area contributed by atoms with Crippen LogP contribution in [0.1, 0.15) is 18.9 Å². The first kappa shape index (κ1) is 23.6. The molecule has 1 aliphatic rings. The second-order valence-electron chi connectivity index (χ2n) is 6.65. The second-order valence-corrected chi connectivity index (χ2v) is 7.92. The van der Waals surface area contributed by atoms with Crippen molar-refractivity contribution < 1.29 is 28.6 Å². The highest BCUT2D eigenvalue weighted by molar-refractivity contribution is 9.10. The summed E-state index contributed by atoms with van der Waals surface area (Å²) in [6.45, 7) is 2.56. The van der Waals surface area contributed by atoms with Gasteiger partial charge in [0, 0.05) is 12.1 Å². The molecule has 10 heteroatoms. The lowest BCUT2D eigenvalue weighted by Crippen LogP contribution is -2.54. The molecule has 8 nitrogen and oxygen atoms in total. The Bertz CT molecular complexity index is 1120. The number of amides is 4. The van der Waals surface area contributed by atoms with Crippen LogP contribution in [0.4, 0.5) is 10.5 Å². The van der Waals surface area contributed by atoms with Crippen LogP contribution in [0.5, 0.6) is 17.2 Å². The lowest BCUT2D eigenvalue weighted by molar-refractivity contribution is -0.122. The monoisotopic (exact) mass is 522 g/mol. The molecule has 0 bridgehead atoms. The van der Waals surface area contributed by atoms with Crippen molar-refractivity contribution in [3.63, 3.8) is 0 Å². The van der Waals surface area contributed by atoms with Crippen molar-refractivity contribution in [3.8, 4) is 17.2 Å². The zero-order valence-corrected chi connectivity index (χ0v) is 19.9. The molecule has 1 fully saturated rings. The van der Waals surface area contributed by atoms with Gasteiger partial charge < -0.3 is 14.2 Å². The molecular formula is C22H20BrClN2O6. The largest absolute Gasteiger partial charge is 0.495 e. The molecule has 1 saturated heterocycles. The van der Waals surface area contributed by atoms with Crippen molar-refractivity contribution in [2.24, 2.45) is 0 Å². The number of carbonyl (C=O) groups excluding carboxylic acids is 3. The van der Waals surface area contributed by atoms with Gasteiger partial charge in [0.2, 0.25) is 0 Å². The van der Waals surface area contributed by atoms with Crippen LogP contribution in [0, 0.1) is 0 Å². The Morgan fingerprint density at radius 2 is 1.78 bits per heavy atom. The molecule has 3 rings (SSSR count). The van der Waals surface area contributed by atoms with E-state index in [1.807, 2.05) is 6.92 Å². The number of halogens is 2. The average Bonchev–Trinajstić information content (AvgIpc) is 2.76. The number of carbonyl (C=O) groups is 3. The molecule has 0 radical (unpaired) electrons. The SMILES string of the molecule is CCCOc1ccc(/C=C2\C(=O)NC(=O)N(c3cc(OC)c(Cl)cc3OC)C2=O)cc1Br. The Hall–Kier alpha value is -3.04. The predicted molar refractivity (Wildman–Crippen MR) is 123 cm³/mol. The quantitative estimate of drug-likeness (QED) is 0.422. The number of anilines is 1. The van der Waals surface area contributed by atoms with Gasteiger partial charge in [-0.05, 0) is 46.1 Å². The normalized spacial score (nSPS) is 15.1. The summed E-state index contributed by atoms with van der Waals surface area (Å²) in [7, 11) is 2.77. The lowest BCUT2D eigenvalue weighted by Gasteiger charge is -2.28. The van der Waals surface area contributed by atoms with Crippen molar-refractivity contribution in [2.45, 2.75) is 13.3 Å². The fourth-order valence-electron chi connectivity index (χ4n) is 3.00. The molecule has 0 aromatic heterocycles. The summed E-state index contributed by atoms with van der Waals surface area (Å²) in [5, 5.41) is 2.42. The van der Waals surface area contributed by atoms with Gasteiger partial charge in [-0.2, -0.15) is 0 Å². The third-order valence-corrected chi connectivity index (χ3v) is 5.44. The van der Waals surface area contributed by atoms with E-state index < -0.39 is 17.8 Å². The van der Waals surface area contributed by atoms with Crippen molar-refractivity contribution in [2.75, 3.05) is 25.7 Å². The fourth-order valence-corrected chi connectivity index (χ4v) is 3.74. The van der Waals surface area contributed by atoms with Gasteiger partial charge in [-0.25, -0.2) is 9.69 Å². The number of barbiturate groups is 1. The van der Waals surface area contributed by atoms with Crippen LogP contribution in [0.2, 0.25) is 5.02 Å². The van der Waals surface area contributed by atoms with E-state index in [2.05, 4.69) is 21.2 Å². The Labute approximate surface area is 198 Å². The van der Waals surface area contributed by atoms with Gasteiger partial charge in [-0.3, -0.25) is 14.9 Å². The number of ether oxygens (including phenoxy) is 3. The van der Waals surface area contributed by atoms with E-state index in [0.29, 0.717) is 22.4 Å². The van der Waals surface area contributed by atoms with E-state index in [1.165, 1.54) is 32.4 Å². The molecular weight excluding hydrogens is 504 g/mol. The van der Waals surface area contributed by atoms with Gasteiger partial charge in [0.1, 0.15) is 22.8 Å². The average molecular weight is 524 g/mol. The van der Waals surface area contributed by atoms with Gasteiger partial charge in [-0.15, -0.1) is 0 Å². The molecule has 1 heterocycles. The number of nitrogens with zero attached hydrogens (tertiary/aromatic N) is 1. The molecule has 32 heavy (non-hydrogen) atoms. The van der Waals surface area contributed by atoms with Gasteiger partial charge in [-0.1, -0.05) is 24.6 Å². The van der Waals surface area contributed by atoms with Gasteiger partial charge in [0.05, 0.1) is 36.0 Å². The standard InChI is InChI=1S/C22H20BrClN2O6/c1-4-7-32-17-6-5-12(9-14(17)23)8-13-20(27)25-22(29)26(21(13)28)16-11-18(30-2)15(24)10-19(16)31-3/h5-6,8-11H,4,7H2,1-3H3,(H,25,27,29)/b13-8+. The number of methoxy groups -OCH3 is 2. The topological polar surface area (TPSA) is 94.2 Å². The number of hydrogen-bond acceptors (Lipinski definition) is 6. The molecule has 0 aliphatic carbocycles. The highest BCUT2D eigenvalue weighted by Crippen LogP contribution is 2.39. The molecule has 2 aromatic carbocycles. The van der Waals surface area contributed by atoms with Crippen LogP contribution in [0.25, 0.3) is 6.08 Å². The molecule has 0 atom stereocenters. The number of benzene rings is 2. The minimum absolute atomic E-state index is 0.0825. The second kappa shape index (κ2) is 10.1. The molecule has 0 spiro atoms. The summed E-state index contributed by atoms with van der Waals surface area (Å²) in [4.78, 5) is 39.0. The van der Waals surface area contributed by atoms with Gasteiger partial charge in [0.25, 0.3) is 11.8 Å². The zero-order chi connectivity index (χ0) is 23.4. The van der Waals surface area contributed by atoms with Crippen molar-refractivity contribution in [3.05, 3.63) is 51.0 Å². The summed E-state index contributed by atoms with van der Waals surface area (Å²) in [6.07, 6.45) is 2.25. The van der Waals surface area contributed by atoms with Crippen molar-refractivity contribution in [1.82, 2.24) is 5.32 Å². The number of nitrogens with one attached hydrogen (secondary N) is 1. The Morgan fingerprint density at radius 3 is 2.41 bits per heavy atom. The molecule has 2 aromatic rings. The third-order valence-electron chi connectivity index (χ3n) is 4.52. The number of rotatable bonds is 7. The maximum absolute atomic E-state index is 13.2. The Morgan fingerprint density at radius 1 is 1.06 bits per heavy atom. The van der Waals surface area contributed by atoms with Gasteiger partial charge in [0.15, 0.2) is 0 Å². The van der Waals surface area contributed by atoms with E-state index in [1.54, 1.807) is 18.2 Å². The van der Waals surface area contributed by atoms with E-state index in [9.17, 15) is 14.4 Å². The van der Waals surface area contributed by atoms with Crippen molar-refractivity contribution >= 4 is 57.1 Å². The number of urea groups is 1. The molecule has 0 unspecified atom stereocenters. The van der Waals surface area contributed by atoms with E-state index in [0.717, 1.165) is 11.3 Å². The van der Waals surface area contributed by atoms with Crippen LogP contribution in [-0.4, -0.2) is 38.7 Å². The molecule has 168 valence electrons. The Balaban J connectivity index is 2.02. The summed E-state index contributed by atoms with van der Waals surface area (Å²) in [5.74, 6) is -0.587. The minimum atomic E-state index is -0.913. The Kier molecular flexibility index (Phi) is 7.42. The van der Waals surface area contributed by atoms with Crippen LogP contribution < -0.4 is 24.4 Å². The first-order valence-electron chi connectivity index (χ1n) is 9.56. The zero-order valence-electron chi connectivity index (χ0n) is 17.5. The molecule has 4 amide bonds. The smallest absolute Gasteiger partial charge is 0.336 e. The minimum Gasteiger partial charge on any atom is -0.495 e. The lowest BCUT2D eigenvalue weighted by atomic mass is 10.1. The van der Waals surface area contributed by atoms with Crippen LogP contribution in [0.3, 0.4) is 0 Å². The summed E-state index contributed by atoms with van der Waals surface area (Å²) in [5.41, 5.74) is 0.419. The molecule has 1 N–H and O–H groups in total. The first-order valence-corrected chi connectivity index (χ1v) is 10.7. The molecule has 1 aliphatic heterocycles. The van der Waals surface area contributed by atoms with Gasteiger partial charge >= 0.3 is 6.03 Å². The summed E-state index contributed by atoms with van der Waals surface area (Å²) in [6, 6.07) is 7.04. The van der Waals surface area contributed by atoms with E-state index in [4.69, 9.17) is 25.8 Å². The number of hydrogen-bond donors (Lipinski definition) is 1. The summed E-state index contributed by atoms with van der Waals surface area (Å²) < 4.78 is 16.7. The van der Waals surface area contributed by atoms with Crippen molar-refractivity contribution in [1.29, 1.82) is 0 Å². The van der Waals surface area contributed by atoms with Crippen LogP contribution in [0.15, 0.2) is 40.4 Å². The predicted octanol–water partition coefficient (Wildman–Crippen LogP) is 4.57. The first-order chi connectivity index (χ1) is 15.3. The van der Waals surface area contributed by atoms with E-state index in [-0.39, 0.29) is 27.8 Å². The van der Waals surface area contributed by atoms with Crippen LogP contribution in [-0.2, 0) is 9.59 Å². The maximum atomic E-state index is 13.2. The maximum Gasteiger partial charge on any atom is 0.336 e. The van der Waals surface area contributed by atoms with E-state index >= 15 is 0 Å². The summed E-state index contributed by atoms with van der Waals surface area (Å²) >= 11 is 9.55. The highest BCUT2D eigenvalue weighted by Gasteiger charge is 2.38. The third kappa shape index (κ3) is 4.73.